The Morgan fingerprint density at radius 2 is 2.00 bits per heavy atom. The number of carbonyl (C=O) groups excluding carboxylic acids is 1. The lowest BCUT2D eigenvalue weighted by Crippen LogP contribution is -2.11. The average molecular weight is 361 g/mol. The highest BCUT2D eigenvalue weighted by molar-refractivity contribution is 7.98. The third-order valence-electron chi connectivity index (χ3n) is 2.99. The van der Waals surface area contributed by atoms with Crippen molar-refractivity contribution in [2.24, 2.45) is 0 Å². The molecule has 0 atom stereocenters. The van der Waals surface area contributed by atoms with E-state index in [1.54, 1.807) is 36.0 Å². The van der Waals surface area contributed by atoms with Crippen molar-refractivity contribution in [3.8, 4) is 0 Å². The molecular weight excluding hydrogens is 348 g/mol. The van der Waals surface area contributed by atoms with Gasteiger partial charge in [0.25, 0.3) is 5.91 Å². The van der Waals surface area contributed by atoms with E-state index in [1.807, 2.05) is 23.6 Å². The van der Waals surface area contributed by atoms with Gasteiger partial charge in [-0.2, -0.15) is 0 Å². The number of thioether (sulfide) groups is 1. The molecule has 0 aliphatic rings. The van der Waals surface area contributed by atoms with Crippen molar-refractivity contribution in [2.75, 3.05) is 5.32 Å². The Hall–Kier alpha value is -1.82. The molecule has 0 saturated carbocycles. The molecule has 3 rings (SSSR count). The topological polar surface area (TPSA) is 42.0 Å². The van der Waals surface area contributed by atoms with Crippen molar-refractivity contribution in [2.45, 2.75) is 10.6 Å². The van der Waals surface area contributed by atoms with Crippen LogP contribution in [0.15, 0.2) is 64.9 Å². The number of thiazole rings is 1. The van der Waals surface area contributed by atoms with Gasteiger partial charge in [0.1, 0.15) is 0 Å². The smallest absolute Gasteiger partial charge is 0.257 e. The molecule has 1 aromatic heterocycles. The lowest BCUT2D eigenvalue weighted by Gasteiger charge is -2.02. The SMILES string of the molecule is O=C(Nc1nc(CSc2ccccc2)cs1)c1cccc(Cl)c1. The Balaban J connectivity index is 1.60. The number of benzene rings is 2. The van der Waals surface area contributed by atoms with Crippen molar-refractivity contribution in [3.05, 3.63) is 76.3 Å². The van der Waals surface area contributed by atoms with Crippen LogP contribution in [0.25, 0.3) is 0 Å². The summed E-state index contributed by atoms with van der Waals surface area (Å²) in [6.45, 7) is 0. The van der Waals surface area contributed by atoms with Gasteiger partial charge in [-0.3, -0.25) is 10.1 Å². The Labute approximate surface area is 147 Å². The molecule has 1 amide bonds. The van der Waals surface area contributed by atoms with Crippen LogP contribution >= 0.6 is 34.7 Å². The number of nitrogens with one attached hydrogen (secondary N) is 1. The number of aromatic nitrogens is 1. The fourth-order valence-corrected chi connectivity index (χ4v) is 3.72. The molecule has 0 unspecified atom stereocenters. The van der Waals surface area contributed by atoms with Crippen molar-refractivity contribution in [3.63, 3.8) is 0 Å². The minimum atomic E-state index is -0.205. The second-order valence-electron chi connectivity index (χ2n) is 4.71. The number of halogens is 1. The third kappa shape index (κ3) is 4.58. The number of anilines is 1. The summed E-state index contributed by atoms with van der Waals surface area (Å²) in [5.74, 6) is 0.567. The van der Waals surface area contributed by atoms with Gasteiger partial charge in [-0.15, -0.1) is 23.1 Å². The van der Waals surface area contributed by atoms with Crippen molar-refractivity contribution in [1.82, 2.24) is 4.98 Å². The number of hydrogen-bond donors (Lipinski definition) is 1. The van der Waals surface area contributed by atoms with Gasteiger partial charge < -0.3 is 0 Å². The van der Waals surface area contributed by atoms with E-state index < -0.39 is 0 Å². The molecule has 0 radical (unpaired) electrons. The molecule has 3 nitrogen and oxygen atoms in total. The second kappa shape index (κ2) is 7.64. The first-order chi connectivity index (χ1) is 11.2. The van der Waals surface area contributed by atoms with Gasteiger partial charge in [-0.1, -0.05) is 35.9 Å². The highest BCUT2D eigenvalue weighted by atomic mass is 35.5. The summed E-state index contributed by atoms with van der Waals surface area (Å²) in [6.07, 6.45) is 0. The first kappa shape index (κ1) is 16.1. The number of hydrogen-bond acceptors (Lipinski definition) is 4. The Kier molecular flexibility index (Phi) is 5.33. The molecule has 0 spiro atoms. The first-order valence-electron chi connectivity index (χ1n) is 6.90. The zero-order valence-corrected chi connectivity index (χ0v) is 14.4. The highest BCUT2D eigenvalue weighted by Crippen LogP contribution is 2.25. The van der Waals surface area contributed by atoms with Gasteiger partial charge in [-0.25, -0.2) is 4.98 Å². The Morgan fingerprint density at radius 1 is 1.17 bits per heavy atom. The summed E-state index contributed by atoms with van der Waals surface area (Å²) in [7, 11) is 0. The van der Waals surface area contributed by atoms with Crippen LogP contribution in [-0.4, -0.2) is 10.9 Å². The Morgan fingerprint density at radius 3 is 2.78 bits per heavy atom. The van der Waals surface area contributed by atoms with Crippen LogP contribution in [0.3, 0.4) is 0 Å². The van der Waals surface area contributed by atoms with Crippen LogP contribution in [0.1, 0.15) is 16.1 Å². The monoisotopic (exact) mass is 360 g/mol. The Bertz CT molecular complexity index is 805. The fourth-order valence-electron chi connectivity index (χ4n) is 1.90. The lowest BCUT2D eigenvalue weighted by atomic mass is 10.2. The molecule has 0 saturated heterocycles. The van der Waals surface area contributed by atoms with Crippen LogP contribution in [0.2, 0.25) is 5.02 Å². The molecule has 3 aromatic rings. The van der Waals surface area contributed by atoms with Gasteiger partial charge in [0, 0.05) is 26.6 Å². The van der Waals surface area contributed by atoms with Gasteiger partial charge in [0.15, 0.2) is 5.13 Å². The molecule has 0 aliphatic heterocycles. The fraction of sp³-hybridized carbons (Fsp3) is 0.0588. The standard InChI is InChI=1S/C17H13ClN2OS2/c18-13-6-4-5-12(9-13)16(21)20-17-19-14(11-23-17)10-22-15-7-2-1-3-8-15/h1-9,11H,10H2,(H,19,20,21). The second-order valence-corrected chi connectivity index (χ2v) is 7.05. The minimum Gasteiger partial charge on any atom is -0.298 e. The van der Waals surface area contributed by atoms with Crippen molar-refractivity contribution < 1.29 is 4.79 Å². The molecule has 2 aromatic carbocycles. The predicted molar refractivity (Wildman–Crippen MR) is 97.5 cm³/mol. The summed E-state index contributed by atoms with van der Waals surface area (Å²) in [6, 6.07) is 17.0. The largest absolute Gasteiger partial charge is 0.298 e. The number of amides is 1. The van der Waals surface area contributed by atoms with Crippen molar-refractivity contribution in [1.29, 1.82) is 0 Å². The molecule has 0 fully saturated rings. The minimum absolute atomic E-state index is 0.205. The highest BCUT2D eigenvalue weighted by Gasteiger charge is 2.09. The normalized spacial score (nSPS) is 10.5. The molecule has 1 heterocycles. The lowest BCUT2D eigenvalue weighted by molar-refractivity contribution is 0.102. The molecule has 23 heavy (non-hydrogen) atoms. The summed E-state index contributed by atoms with van der Waals surface area (Å²) in [5, 5.41) is 5.90. The van der Waals surface area contributed by atoms with Gasteiger partial charge >= 0.3 is 0 Å². The maximum atomic E-state index is 12.1. The van der Waals surface area contributed by atoms with Crippen LogP contribution in [0.5, 0.6) is 0 Å². The summed E-state index contributed by atoms with van der Waals surface area (Å²) in [4.78, 5) is 17.8. The van der Waals surface area contributed by atoms with Crippen LogP contribution in [0.4, 0.5) is 5.13 Å². The van der Waals surface area contributed by atoms with E-state index in [0.29, 0.717) is 15.7 Å². The summed E-state index contributed by atoms with van der Waals surface area (Å²) in [5.41, 5.74) is 1.47. The van der Waals surface area contributed by atoms with Crippen LogP contribution < -0.4 is 5.32 Å². The van der Waals surface area contributed by atoms with E-state index in [-0.39, 0.29) is 5.91 Å². The number of rotatable bonds is 5. The molecule has 1 N–H and O–H groups in total. The number of carbonyl (C=O) groups is 1. The quantitative estimate of drug-likeness (QED) is 0.624. The van der Waals surface area contributed by atoms with E-state index in [1.165, 1.54) is 16.2 Å². The zero-order chi connectivity index (χ0) is 16.1. The predicted octanol–water partition coefficient (Wildman–Crippen LogP) is 5.34. The molecular formula is C17H13ClN2OS2. The molecule has 0 bridgehead atoms. The van der Waals surface area contributed by atoms with E-state index >= 15 is 0 Å². The van der Waals surface area contributed by atoms with Gasteiger partial charge in [0.05, 0.1) is 5.69 Å². The molecule has 0 aliphatic carbocycles. The molecule has 6 heteroatoms. The van der Waals surface area contributed by atoms with E-state index in [2.05, 4.69) is 22.4 Å². The van der Waals surface area contributed by atoms with E-state index in [9.17, 15) is 4.79 Å². The van der Waals surface area contributed by atoms with Crippen LogP contribution in [-0.2, 0) is 5.75 Å². The average Bonchev–Trinajstić information content (AvgIpc) is 3.01. The van der Waals surface area contributed by atoms with E-state index in [0.717, 1.165) is 11.4 Å². The third-order valence-corrected chi connectivity index (χ3v) is 5.08. The maximum Gasteiger partial charge on any atom is 0.257 e. The molecule has 116 valence electrons. The summed E-state index contributed by atoms with van der Waals surface area (Å²) >= 11 is 9.04. The van der Waals surface area contributed by atoms with Crippen LogP contribution in [0, 0.1) is 0 Å². The van der Waals surface area contributed by atoms with E-state index in [4.69, 9.17) is 11.6 Å². The van der Waals surface area contributed by atoms with Gasteiger partial charge in [0.2, 0.25) is 0 Å². The number of nitrogens with zero attached hydrogens (tertiary/aromatic N) is 1. The zero-order valence-electron chi connectivity index (χ0n) is 12.0. The first-order valence-corrected chi connectivity index (χ1v) is 9.14. The maximum absolute atomic E-state index is 12.1. The van der Waals surface area contributed by atoms with Crippen molar-refractivity contribution >= 4 is 45.7 Å². The van der Waals surface area contributed by atoms with Gasteiger partial charge in [-0.05, 0) is 30.3 Å². The summed E-state index contributed by atoms with van der Waals surface area (Å²) < 4.78 is 0.